The van der Waals surface area contributed by atoms with Gasteiger partial charge in [0.25, 0.3) is 10.1 Å². The molecular weight excluding hydrogens is 439 g/mol. The maximum Gasteiger partial charge on any atom is 0.324 e. The molecule has 2 N–H and O–H groups in total. The maximum absolute atomic E-state index is 11.8. The number of hydrogen-bond acceptors (Lipinski definition) is 5. The van der Waals surface area contributed by atoms with Crippen molar-refractivity contribution in [1.29, 1.82) is 0 Å². The van der Waals surface area contributed by atoms with Crippen LogP contribution in [0.1, 0.15) is 5.56 Å². The summed E-state index contributed by atoms with van der Waals surface area (Å²) in [6.45, 7) is 0.195. The molecule has 2 amide bonds. The summed E-state index contributed by atoms with van der Waals surface area (Å²) in [5, 5.41) is 0.757. The smallest absolute Gasteiger partial charge is 0.324 e. The van der Waals surface area contributed by atoms with Crippen molar-refractivity contribution in [3.05, 3.63) is 39.6 Å². The number of carbonyl (C=O) groups is 1. The van der Waals surface area contributed by atoms with Crippen LogP contribution in [0.15, 0.2) is 34.0 Å². The van der Waals surface area contributed by atoms with Gasteiger partial charge in [-0.1, -0.05) is 12.1 Å². The van der Waals surface area contributed by atoms with Crippen molar-refractivity contribution in [3.63, 3.8) is 0 Å². The van der Waals surface area contributed by atoms with Crippen molar-refractivity contribution in [1.82, 2.24) is 10.2 Å². The van der Waals surface area contributed by atoms with Crippen LogP contribution in [0.3, 0.4) is 0 Å². The van der Waals surface area contributed by atoms with E-state index in [4.69, 9.17) is 14.0 Å². The van der Waals surface area contributed by atoms with E-state index in [9.17, 15) is 13.2 Å². The Balaban J connectivity index is 1.96. The van der Waals surface area contributed by atoms with Crippen LogP contribution in [-0.4, -0.2) is 43.1 Å². The van der Waals surface area contributed by atoms with E-state index in [0.29, 0.717) is 5.75 Å². The van der Waals surface area contributed by atoms with Gasteiger partial charge in [-0.3, -0.25) is 9.45 Å². The van der Waals surface area contributed by atoms with Crippen molar-refractivity contribution in [2.45, 2.75) is 12.0 Å². The highest BCUT2D eigenvalue weighted by molar-refractivity contribution is 14.1. The molecule has 0 aliphatic carbocycles. The fraction of sp³-hybridized carbons (Fsp3) is 0.308. The lowest BCUT2D eigenvalue weighted by atomic mass is 10.2. The number of nitrogens with zero attached hydrogens (tertiary/aromatic N) is 1. The van der Waals surface area contributed by atoms with Crippen LogP contribution in [0, 0.1) is 0 Å². The van der Waals surface area contributed by atoms with Crippen molar-refractivity contribution >= 4 is 38.7 Å². The van der Waals surface area contributed by atoms with Gasteiger partial charge in [0, 0.05) is 9.78 Å². The number of hydrogen-bond donors (Lipinski definition) is 2. The minimum absolute atomic E-state index is 0.0618. The molecule has 1 heterocycles. The number of urea groups is 1. The second-order valence-corrected chi connectivity index (χ2v) is 7.40. The van der Waals surface area contributed by atoms with E-state index < -0.39 is 21.5 Å². The lowest BCUT2D eigenvalue weighted by molar-refractivity contribution is 0.0554. The highest BCUT2D eigenvalue weighted by Crippen LogP contribution is 2.21. The summed E-state index contributed by atoms with van der Waals surface area (Å²) in [5.41, 5.74) is 0.872. The third-order valence-electron chi connectivity index (χ3n) is 2.98. The molecular formula is C13H15IN2O6S. The average molecular weight is 454 g/mol. The monoisotopic (exact) mass is 454 g/mol. The molecule has 23 heavy (non-hydrogen) atoms. The molecule has 1 unspecified atom stereocenters. The Bertz CT molecular complexity index is 721. The summed E-state index contributed by atoms with van der Waals surface area (Å²) in [5.74, 6) is 0.701. The Labute approximate surface area is 147 Å². The predicted octanol–water partition coefficient (Wildman–Crippen LogP) is 1.68. The van der Waals surface area contributed by atoms with Crippen molar-refractivity contribution < 1.29 is 27.2 Å². The van der Waals surface area contributed by atoms with Gasteiger partial charge in [0.05, 0.1) is 13.7 Å². The third-order valence-corrected chi connectivity index (χ3v) is 5.27. The number of ether oxygens (including phenoxy) is 2. The van der Waals surface area contributed by atoms with Gasteiger partial charge >= 0.3 is 6.03 Å². The minimum atomic E-state index is -4.39. The molecule has 2 rings (SSSR count). The molecule has 1 aliphatic rings. The van der Waals surface area contributed by atoms with Crippen molar-refractivity contribution in [3.8, 4) is 5.75 Å². The molecule has 126 valence electrons. The van der Waals surface area contributed by atoms with Crippen LogP contribution >= 0.6 is 22.6 Å². The zero-order valence-electron chi connectivity index (χ0n) is 12.1. The van der Waals surface area contributed by atoms with E-state index in [1.807, 2.05) is 24.3 Å². The first-order valence-corrected chi connectivity index (χ1v) is 9.01. The summed E-state index contributed by atoms with van der Waals surface area (Å²) in [4.78, 5) is 13.0. The molecule has 1 atom stereocenters. The van der Waals surface area contributed by atoms with E-state index in [1.165, 1.54) is 11.1 Å². The first-order valence-electron chi connectivity index (χ1n) is 6.42. The van der Waals surface area contributed by atoms with Crippen LogP contribution in [0.5, 0.6) is 5.75 Å². The molecule has 0 fully saturated rings. The van der Waals surface area contributed by atoms with Crippen molar-refractivity contribution in [2.24, 2.45) is 0 Å². The number of methoxy groups -OCH3 is 1. The van der Waals surface area contributed by atoms with Gasteiger partial charge in [-0.15, -0.1) is 0 Å². The number of rotatable bonds is 6. The first-order chi connectivity index (χ1) is 10.8. The predicted molar refractivity (Wildman–Crippen MR) is 90.5 cm³/mol. The second kappa shape index (κ2) is 7.47. The van der Waals surface area contributed by atoms with E-state index in [1.54, 1.807) is 29.7 Å². The Morgan fingerprint density at radius 3 is 2.83 bits per heavy atom. The summed E-state index contributed by atoms with van der Waals surface area (Å²) >= 11 is 1.74. The van der Waals surface area contributed by atoms with Gasteiger partial charge in [-0.25, -0.2) is 4.79 Å². The molecule has 10 heteroatoms. The summed E-state index contributed by atoms with van der Waals surface area (Å²) in [7, 11) is -2.83. The van der Waals surface area contributed by atoms with Gasteiger partial charge in [-0.2, -0.15) is 8.42 Å². The highest BCUT2D eigenvalue weighted by atomic mass is 127. The lowest BCUT2D eigenvalue weighted by Crippen LogP contribution is -2.50. The maximum atomic E-state index is 11.8. The summed E-state index contributed by atoms with van der Waals surface area (Å²) in [6.07, 6.45) is 1.32. The Hall–Kier alpha value is -1.37. The Morgan fingerprint density at radius 1 is 1.43 bits per heavy atom. The molecule has 0 radical (unpaired) electrons. The van der Waals surface area contributed by atoms with Gasteiger partial charge in [0.1, 0.15) is 12.5 Å². The normalized spacial score (nSPS) is 18.4. The molecule has 1 aromatic carbocycles. The molecule has 0 saturated carbocycles. The second-order valence-electron chi connectivity index (χ2n) is 4.66. The molecule has 0 spiro atoms. The van der Waals surface area contributed by atoms with Gasteiger partial charge in [0.15, 0.2) is 5.37 Å². The topological polar surface area (TPSA) is 105 Å². The number of nitrogens with one attached hydrogen (secondary N) is 1. The minimum Gasteiger partial charge on any atom is -0.497 e. The van der Waals surface area contributed by atoms with Gasteiger partial charge < -0.3 is 14.8 Å². The lowest BCUT2D eigenvalue weighted by Gasteiger charge is -2.28. The van der Waals surface area contributed by atoms with Crippen LogP contribution in [0.4, 0.5) is 4.79 Å². The van der Waals surface area contributed by atoms with Crippen LogP contribution in [-0.2, 0) is 21.5 Å². The fourth-order valence-electron chi connectivity index (χ4n) is 1.88. The van der Waals surface area contributed by atoms with E-state index in [2.05, 4.69) is 5.32 Å². The first kappa shape index (κ1) is 18.0. The molecule has 1 aliphatic heterocycles. The van der Waals surface area contributed by atoms with Crippen molar-refractivity contribution in [2.75, 3.05) is 13.8 Å². The zero-order valence-corrected chi connectivity index (χ0v) is 15.1. The van der Waals surface area contributed by atoms with E-state index in [0.717, 1.165) is 5.56 Å². The standard InChI is InChI=1S/C13H15IN2O6S/c1-21-10-4-2-3-9(5-10)7-22-8-16-6-11(14)12(15-13(16)17)23(18,19)20/h2-6,12H,7-8H2,1H3,(H,15,17)(H,18,19,20). The molecule has 8 nitrogen and oxygen atoms in total. The largest absolute Gasteiger partial charge is 0.497 e. The third kappa shape index (κ3) is 4.80. The fourth-order valence-corrected chi connectivity index (χ4v) is 3.93. The highest BCUT2D eigenvalue weighted by Gasteiger charge is 2.33. The quantitative estimate of drug-likeness (QED) is 0.501. The van der Waals surface area contributed by atoms with E-state index in [-0.39, 0.29) is 16.9 Å². The summed E-state index contributed by atoms with van der Waals surface area (Å²) < 4.78 is 42.1. The number of benzene rings is 1. The molecule has 1 aromatic rings. The zero-order chi connectivity index (χ0) is 17.0. The average Bonchev–Trinajstić information content (AvgIpc) is 2.49. The number of halogens is 1. The van der Waals surface area contributed by atoms with Crippen LogP contribution < -0.4 is 10.1 Å². The van der Waals surface area contributed by atoms with Crippen LogP contribution in [0.2, 0.25) is 0 Å². The molecule has 0 bridgehead atoms. The van der Waals surface area contributed by atoms with Gasteiger partial charge in [-0.05, 0) is 40.3 Å². The molecule has 0 aromatic heterocycles. The Kier molecular flexibility index (Phi) is 5.84. The number of amides is 2. The van der Waals surface area contributed by atoms with Gasteiger partial charge in [0.2, 0.25) is 0 Å². The Morgan fingerprint density at radius 2 is 2.17 bits per heavy atom. The van der Waals surface area contributed by atoms with E-state index >= 15 is 0 Å². The summed E-state index contributed by atoms with van der Waals surface area (Å²) in [6, 6.07) is 6.63. The number of carbonyl (C=O) groups excluding carboxylic acids is 1. The SMILES string of the molecule is COc1cccc(COCN2C=C(I)C(S(=O)(=O)O)NC2=O)c1. The van der Waals surface area contributed by atoms with Crippen LogP contribution in [0.25, 0.3) is 0 Å². The molecule has 0 saturated heterocycles.